The monoisotopic (exact) mass is 593 g/mol. The molecule has 2 aliphatic heterocycles. The second kappa shape index (κ2) is 10.5. The number of amides is 2. The van der Waals surface area contributed by atoms with Crippen LogP contribution in [0.1, 0.15) is 26.3 Å². The maximum absolute atomic E-state index is 13.5. The summed E-state index contributed by atoms with van der Waals surface area (Å²) in [7, 11) is -3.18. The van der Waals surface area contributed by atoms with Gasteiger partial charge in [0.1, 0.15) is 11.6 Å². The molecule has 0 aromatic heterocycles. The Morgan fingerprint density at radius 1 is 1.14 bits per heavy atom. The molecule has 2 amide bonds. The molecule has 192 valence electrons. The molecule has 2 saturated heterocycles. The third kappa shape index (κ3) is 6.68. The molecule has 0 spiro atoms. The van der Waals surface area contributed by atoms with Gasteiger partial charge in [0.2, 0.25) is 0 Å². The average Bonchev–Trinajstić information content (AvgIpc) is 3.24. The van der Waals surface area contributed by atoms with Crippen LogP contribution in [0.3, 0.4) is 0 Å². The zero-order valence-electron chi connectivity index (χ0n) is 20.2. The van der Waals surface area contributed by atoms with E-state index in [4.69, 9.17) is 4.74 Å². The van der Waals surface area contributed by atoms with Crippen molar-refractivity contribution in [1.82, 2.24) is 5.32 Å². The second-order valence-electron chi connectivity index (χ2n) is 9.77. The zero-order valence-corrected chi connectivity index (χ0v) is 23.4. The predicted molar refractivity (Wildman–Crippen MR) is 146 cm³/mol. The van der Waals surface area contributed by atoms with E-state index in [1.807, 2.05) is 59.5 Å². The number of carbonyl (C=O) groups excluding carboxylic acids is 2. The number of rotatable bonds is 5. The molecule has 4 rings (SSSR count). The van der Waals surface area contributed by atoms with Gasteiger partial charge in [-0.15, -0.1) is 0 Å². The summed E-state index contributed by atoms with van der Waals surface area (Å²) in [6, 6.07) is 15.5. The van der Waals surface area contributed by atoms with Crippen LogP contribution in [0, 0.1) is 0 Å². The highest BCUT2D eigenvalue weighted by molar-refractivity contribution is 9.10. The van der Waals surface area contributed by atoms with Gasteiger partial charge in [0.15, 0.2) is 15.0 Å². The Balaban J connectivity index is 1.64. The number of fused-ring (bicyclic) bond motifs is 1. The van der Waals surface area contributed by atoms with Crippen molar-refractivity contribution in [2.45, 2.75) is 50.1 Å². The van der Waals surface area contributed by atoms with Gasteiger partial charge in [-0.05, 0) is 50.6 Å². The van der Waals surface area contributed by atoms with Crippen molar-refractivity contribution in [3.05, 3.63) is 64.6 Å². The number of halogens is 1. The summed E-state index contributed by atoms with van der Waals surface area (Å²) in [4.78, 5) is 32.2. The van der Waals surface area contributed by atoms with E-state index < -0.39 is 33.5 Å². The largest absolute Gasteiger partial charge is 0.444 e. The number of aliphatic imine (C=N–C) groups is 1. The summed E-state index contributed by atoms with van der Waals surface area (Å²) in [5, 5.41) is 2.88. The number of benzene rings is 2. The van der Waals surface area contributed by atoms with Crippen LogP contribution in [0.4, 0.5) is 10.5 Å². The van der Waals surface area contributed by atoms with Crippen molar-refractivity contribution in [3.8, 4) is 0 Å². The molecule has 0 aliphatic carbocycles. The lowest BCUT2D eigenvalue weighted by atomic mass is 10.1. The predicted octanol–water partition coefficient (Wildman–Crippen LogP) is 4.19. The molecule has 1 N–H and O–H groups in total. The van der Waals surface area contributed by atoms with E-state index in [2.05, 4.69) is 26.2 Å². The van der Waals surface area contributed by atoms with Gasteiger partial charge in [-0.3, -0.25) is 4.79 Å². The first-order valence-corrected chi connectivity index (χ1v) is 15.0. The summed E-state index contributed by atoms with van der Waals surface area (Å²) < 4.78 is 30.9. The summed E-state index contributed by atoms with van der Waals surface area (Å²) in [6.45, 7) is 5.25. The van der Waals surface area contributed by atoms with Gasteiger partial charge >= 0.3 is 6.09 Å². The van der Waals surface area contributed by atoms with Crippen LogP contribution < -0.4 is 10.2 Å². The molecule has 8 nitrogen and oxygen atoms in total. The minimum absolute atomic E-state index is 0.00244. The highest BCUT2D eigenvalue weighted by Gasteiger charge is 2.49. The lowest BCUT2D eigenvalue weighted by molar-refractivity contribution is -0.119. The maximum atomic E-state index is 13.5. The van der Waals surface area contributed by atoms with Gasteiger partial charge < -0.3 is 15.0 Å². The Hall–Kier alpha value is -2.37. The molecule has 36 heavy (non-hydrogen) atoms. The lowest BCUT2D eigenvalue weighted by Gasteiger charge is -2.25. The Morgan fingerprint density at radius 3 is 2.44 bits per heavy atom. The Bertz CT molecular complexity index is 1260. The van der Waals surface area contributed by atoms with Crippen molar-refractivity contribution in [1.29, 1.82) is 0 Å². The van der Waals surface area contributed by atoms with Gasteiger partial charge in [0, 0.05) is 21.8 Å². The van der Waals surface area contributed by atoms with Crippen molar-refractivity contribution in [2.75, 3.05) is 16.4 Å². The van der Waals surface area contributed by atoms with Crippen molar-refractivity contribution < 1.29 is 22.7 Å². The van der Waals surface area contributed by atoms with Gasteiger partial charge in [0.25, 0.3) is 5.91 Å². The number of nitrogens with one attached hydrogen (secondary N) is 1. The summed E-state index contributed by atoms with van der Waals surface area (Å²) in [5.41, 5.74) is 0.888. The number of hydrogen-bond acceptors (Lipinski definition) is 6. The zero-order chi connectivity index (χ0) is 26.1. The molecule has 2 fully saturated rings. The fraction of sp³-hybridized carbons (Fsp3) is 0.400. The number of alkyl carbamates (subject to hydrolysis) is 1. The summed E-state index contributed by atoms with van der Waals surface area (Å²) in [5.74, 6) is -0.499. The molecule has 0 unspecified atom stereocenters. The lowest BCUT2D eigenvalue weighted by Crippen LogP contribution is -2.45. The van der Waals surface area contributed by atoms with Crippen LogP contribution >= 0.6 is 27.7 Å². The number of amidine groups is 1. The van der Waals surface area contributed by atoms with Gasteiger partial charge in [-0.25, -0.2) is 13.2 Å². The van der Waals surface area contributed by atoms with Crippen molar-refractivity contribution in [3.63, 3.8) is 0 Å². The number of thioether (sulfide) groups is 1. The fourth-order valence-corrected chi connectivity index (χ4v) is 8.32. The Labute approximate surface area is 223 Å². The van der Waals surface area contributed by atoms with E-state index in [1.165, 1.54) is 11.8 Å². The highest BCUT2D eigenvalue weighted by atomic mass is 79.9. The molecule has 0 bridgehead atoms. The molecule has 3 atom stereocenters. The first-order valence-electron chi connectivity index (χ1n) is 11.5. The van der Waals surface area contributed by atoms with E-state index in [-0.39, 0.29) is 29.2 Å². The number of anilines is 1. The van der Waals surface area contributed by atoms with E-state index in [9.17, 15) is 18.0 Å². The van der Waals surface area contributed by atoms with Crippen LogP contribution in [0.2, 0.25) is 0 Å². The van der Waals surface area contributed by atoms with Crippen LogP contribution in [0.5, 0.6) is 0 Å². The smallest absolute Gasteiger partial charge is 0.408 e. The third-order valence-corrected chi connectivity index (χ3v) is 9.39. The van der Waals surface area contributed by atoms with Crippen LogP contribution in [0.15, 0.2) is 64.1 Å². The minimum atomic E-state index is -3.18. The molecular formula is C25H28BrN3O5S2. The fourth-order valence-electron chi connectivity index (χ4n) is 4.14. The normalized spacial score (nSPS) is 22.8. The third-order valence-electron chi connectivity index (χ3n) is 5.65. The summed E-state index contributed by atoms with van der Waals surface area (Å²) in [6.07, 6.45) is -0.469. The number of carbonyl (C=O) groups is 2. The first kappa shape index (κ1) is 26.7. The number of hydrogen-bond donors (Lipinski definition) is 1. The molecule has 2 aliphatic rings. The molecule has 2 heterocycles. The Morgan fingerprint density at radius 2 is 1.81 bits per heavy atom. The molecular weight excluding hydrogens is 566 g/mol. The Kier molecular flexibility index (Phi) is 7.82. The van der Waals surface area contributed by atoms with Crippen LogP contribution in [-0.4, -0.2) is 60.0 Å². The molecule has 2 aromatic carbocycles. The first-order chi connectivity index (χ1) is 16.9. The van der Waals surface area contributed by atoms with Crippen molar-refractivity contribution in [2.24, 2.45) is 4.99 Å². The van der Waals surface area contributed by atoms with Gasteiger partial charge in [-0.1, -0.05) is 58.0 Å². The topological polar surface area (TPSA) is 105 Å². The minimum Gasteiger partial charge on any atom is -0.444 e. The van der Waals surface area contributed by atoms with Gasteiger partial charge in [0.05, 0.1) is 17.5 Å². The van der Waals surface area contributed by atoms with Crippen LogP contribution in [0.25, 0.3) is 0 Å². The molecule has 0 saturated carbocycles. The van der Waals surface area contributed by atoms with Gasteiger partial charge in [-0.2, -0.15) is 4.99 Å². The number of sulfone groups is 1. The highest BCUT2D eigenvalue weighted by Crippen LogP contribution is 2.41. The van der Waals surface area contributed by atoms with Crippen molar-refractivity contribution >= 4 is 60.4 Å². The maximum Gasteiger partial charge on any atom is 0.408 e. The standard InChI is InChI=1S/C25H28BrN3O5S2/c1-25(2,3)34-24(31)27-19(13-16-7-5-4-6-8-16)22(30)28-23-29(18-11-9-17(26)10-12-18)20-14-36(32,33)15-21(20)35-23/h4-12,19-21H,13-15H2,1-3H3,(H,27,31)/t19-,20+,21-/m0/s1. The molecule has 2 aromatic rings. The molecule has 0 radical (unpaired) electrons. The SMILES string of the molecule is CC(C)(C)OC(=O)N[C@@H](Cc1ccccc1)C(=O)N=C1S[C@H]2CS(=O)(=O)C[C@H]2N1c1ccc(Br)cc1. The summed E-state index contributed by atoms with van der Waals surface area (Å²) >= 11 is 4.71. The second-order valence-corrected chi connectivity index (χ2v) is 14.0. The number of ether oxygens (including phenoxy) is 1. The van der Waals surface area contributed by atoms with E-state index in [1.54, 1.807) is 20.8 Å². The molecule has 11 heteroatoms. The van der Waals surface area contributed by atoms with E-state index >= 15 is 0 Å². The van der Waals surface area contributed by atoms with E-state index in [0.29, 0.717) is 5.17 Å². The number of nitrogens with zero attached hydrogens (tertiary/aromatic N) is 2. The van der Waals surface area contributed by atoms with Crippen LogP contribution in [-0.2, 0) is 25.8 Å². The average molecular weight is 595 g/mol. The quantitative estimate of drug-likeness (QED) is 0.554. The van der Waals surface area contributed by atoms with E-state index in [0.717, 1.165) is 15.7 Å².